The second-order valence-corrected chi connectivity index (χ2v) is 4.85. The molecule has 0 radical (unpaired) electrons. The summed E-state index contributed by atoms with van der Waals surface area (Å²) in [5.74, 6) is 1.57. The first-order valence-electron chi connectivity index (χ1n) is 5.77. The lowest BCUT2D eigenvalue weighted by atomic mass is 10.3. The van der Waals surface area contributed by atoms with Gasteiger partial charge in [0.05, 0.1) is 17.7 Å². The molecule has 3 rings (SSSR count). The third kappa shape index (κ3) is 2.61. The maximum absolute atomic E-state index is 11.7. The second-order valence-electron chi connectivity index (χ2n) is 3.90. The molecule has 0 saturated heterocycles. The number of carbonyl (C=O) groups excluding carboxylic acids is 1. The molecule has 0 spiro atoms. The van der Waals surface area contributed by atoms with E-state index in [2.05, 4.69) is 5.32 Å². The van der Waals surface area contributed by atoms with E-state index in [-0.39, 0.29) is 5.91 Å². The Bertz CT molecular complexity index is 653. The first kappa shape index (κ1) is 11.8. The van der Waals surface area contributed by atoms with Crippen molar-refractivity contribution < 1.29 is 13.6 Å². The monoisotopic (exact) mass is 273 g/mol. The molecule has 3 heterocycles. The molecule has 0 atom stereocenters. The van der Waals surface area contributed by atoms with Gasteiger partial charge in [0.1, 0.15) is 11.5 Å². The van der Waals surface area contributed by atoms with Gasteiger partial charge in [-0.1, -0.05) is 6.07 Å². The molecule has 96 valence electrons. The lowest BCUT2D eigenvalue weighted by molar-refractivity contribution is 0.0920. The van der Waals surface area contributed by atoms with Crippen LogP contribution in [0.2, 0.25) is 0 Å². The van der Waals surface area contributed by atoms with Crippen molar-refractivity contribution in [3.63, 3.8) is 0 Å². The smallest absolute Gasteiger partial charge is 0.287 e. The summed E-state index contributed by atoms with van der Waals surface area (Å²) in [5.41, 5.74) is 0. The summed E-state index contributed by atoms with van der Waals surface area (Å²) in [7, 11) is 0. The van der Waals surface area contributed by atoms with Crippen LogP contribution >= 0.6 is 11.3 Å². The highest BCUT2D eigenvalue weighted by Crippen LogP contribution is 2.26. The first-order chi connectivity index (χ1) is 9.33. The minimum atomic E-state index is -0.251. The van der Waals surface area contributed by atoms with E-state index in [0.717, 1.165) is 10.6 Å². The van der Waals surface area contributed by atoms with E-state index in [1.54, 1.807) is 23.5 Å². The lowest BCUT2D eigenvalue weighted by Crippen LogP contribution is -2.21. The molecular formula is C14H11NO3S. The molecule has 0 aliphatic carbocycles. The topological polar surface area (TPSA) is 55.4 Å². The van der Waals surface area contributed by atoms with Crippen LogP contribution in [0.1, 0.15) is 16.3 Å². The highest BCUT2D eigenvalue weighted by Gasteiger charge is 2.10. The zero-order valence-electron chi connectivity index (χ0n) is 9.96. The first-order valence-corrected chi connectivity index (χ1v) is 6.65. The molecule has 19 heavy (non-hydrogen) atoms. The summed E-state index contributed by atoms with van der Waals surface area (Å²) in [6, 6.07) is 11.0. The van der Waals surface area contributed by atoms with Gasteiger partial charge in [-0.25, -0.2) is 0 Å². The number of furan rings is 2. The van der Waals surface area contributed by atoms with Crippen LogP contribution in [0.4, 0.5) is 0 Å². The Labute approximate surface area is 113 Å². The van der Waals surface area contributed by atoms with Crippen molar-refractivity contribution in [1.82, 2.24) is 5.32 Å². The number of carbonyl (C=O) groups is 1. The summed E-state index contributed by atoms with van der Waals surface area (Å²) in [5, 5.41) is 4.73. The molecule has 0 aromatic carbocycles. The maximum Gasteiger partial charge on any atom is 0.287 e. The molecule has 0 fully saturated rings. The van der Waals surface area contributed by atoms with E-state index < -0.39 is 0 Å². The predicted molar refractivity (Wildman–Crippen MR) is 71.9 cm³/mol. The predicted octanol–water partition coefficient (Wildman–Crippen LogP) is 3.53. The lowest BCUT2D eigenvalue weighted by Gasteiger charge is -2.00. The SMILES string of the molecule is O=C(NCc1ccc(-c2cccs2)o1)c1ccco1. The summed E-state index contributed by atoms with van der Waals surface area (Å²) in [6.45, 7) is 0.338. The van der Waals surface area contributed by atoms with Crippen molar-refractivity contribution >= 4 is 17.2 Å². The highest BCUT2D eigenvalue weighted by molar-refractivity contribution is 7.13. The number of hydrogen-bond acceptors (Lipinski definition) is 4. The summed E-state index contributed by atoms with van der Waals surface area (Å²) >= 11 is 1.62. The quantitative estimate of drug-likeness (QED) is 0.791. The average Bonchev–Trinajstić information content (AvgIpc) is 3.14. The van der Waals surface area contributed by atoms with Crippen LogP contribution in [0.5, 0.6) is 0 Å². The third-order valence-corrected chi connectivity index (χ3v) is 3.48. The molecule has 4 nitrogen and oxygen atoms in total. The van der Waals surface area contributed by atoms with Crippen LogP contribution in [0, 0.1) is 0 Å². The molecule has 0 aliphatic heterocycles. The fourth-order valence-corrected chi connectivity index (χ4v) is 2.37. The maximum atomic E-state index is 11.7. The highest BCUT2D eigenvalue weighted by atomic mass is 32.1. The van der Waals surface area contributed by atoms with Crippen LogP contribution in [-0.2, 0) is 6.54 Å². The number of hydrogen-bond donors (Lipinski definition) is 1. The van der Waals surface area contributed by atoms with E-state index in [9.17, 15) is 4.79 Å². The number of rotatable bonds is 4. The zero-order chi connectivity index (χ0) is 13.1. The van der Waals surface area contributed by atoms with Gasteiger partial charge in [-0.2, -0.15) is 0 Å². The normalized spacial score (nSPS) is 10.5. The van der Waals surface area contributed by atoms with Gasteiger partial charge in [-0.3, -0.25) is 4.79 Å². The van der Waals surface area contributed by atoms with Crippen LogP contribution in [0.3, 0.4) is 0 Å². The molecule has 0 saturated carbocycles. The fourth-order valence-electron chi connectivity index (χ4n) is 1.69. The molecular weight excluding hydrogens is 262 g/mol. The van der Waals surface area contributed by atoms with Gasteiger partial charge in [0.25, 0.3) is 5.91 Å². The van der Waals surface area contributed by atoms with E-state index in [0.29, 0.717) is 18.1 Å². The van der Waals surface area contributed by atoms with Crippen molar-refractivity contribution in [1.29, 1.82) is 0 Å². The van der Waals surface area contributed by atoms with Crippen LogP contribution in [0.25, 0.3) is 10.6 Å². The van der Waals surface area contributed by atoms with Gasteiger partial charge >= 0.3 is 0 Å². The van der Waals surface area contributed by atoms with Gasteiger partial charge in [0.15, 0.2) is 5.76 Å². The van der Waals surface area contributed by atoms with Gasteiger partial charge in [-0.05, 0) is 35.7 Å². The minimum Gasteiger partial charge on any atom is -0.459 e. The second kappa shape index (κ2) is 5.16. The molecule has 3 aromatic rings. The number of nitrogens with one attached hydrogen (secondary N) is 1. The Balaban J connectivity index is 1.63. The molecule has 1 N–H and O–H groups in total. The van der Waals surface area contributed by atoms with Gasteiger partial charge < -0.3 is 14.2 Å². The largest absolute Gasteiger partial charge is 0.459 e. The Morgan fingerprint density at radius 1 is 1.21 bits per heavy atom. The molecule has 0 aliphatic rings. The van der Waals surface area contributed by atoms with Crippen LogP contribution < -0.4 is 5.32 Å². The Kier molecular flexibility index (Phi) is 3.20. The minimum absolute atomic E-state index is 0.251. The van der Waals surface area contributed by atoms with E-state index >= 15 is 0 Å². The van der Waals surface area contributed by atoms with Gasteiger partial charge in [0.2, 0.25) is 0 Å². The summed E-state index contributed by atoms with van der Waals surface area (Å²) < 4.78 is 10.7. The van der Waals surface area contributed by atoms with Crippen molar-refractivity contribution in [3.05, 3.63) is 59.6 Å². The van der Waals surface area contributed by atoms with Crippen molar-refractivity contribution in [2.24, 2.45) is 0 Å². The van der Waals surface area contributed by atoms with Crippen molar-refractivity contribution in [2.45, 2.75) is 6.54 Å². The van der Waals surface area contributed by atoms with Crippen LogP contribution in [0.15, 0.2) is 56.9 Å². The van der Waals surface area contributed by atoms with Crippen LogP contribution in [-0.4, -0.2) is 5.91 Å². The van der Waals surface area contributed by atoms with E-state index in [1.807, 2.05) is 29.6 Å². The third-order valence-electron chi connectivity index (χ3n) is 2.59. The molecule has 0 unspecified atom stereocenters. The fraction of sp³-hybridized carbons (Fsp3) is 0.0714. The summed E-state index contributed by atoms with van der Waals surface area (Å²) in [6.07, 6.45) is 1.47. The molecule has 3 aromatic heterocycles. The van der Waals surface area contributed by atoms with Crippen molar-refractivity contribution in [2.75, 3.05) is 0 Å². The van der Waals surface area contributed by atoms with E-state index in [1.165, 1.54) is 6.26 Å². The Morgan fingerprint density at radius 2 is 2.16 bits per heavy atom. The van der Waals surface area contributed by atoms with Gasteiger partial charge in [-0.15, -0.1) is 11.3 Å². The van der Waals surface area contributed by atoms with Gasteiger partial charge in [0, 0.05) is 0 Å². The average molecular weight is 273 g/mol. The van der Waals surface area contributed by atoms with E-state index in [4.69, 9.17) is 8.83 Å². The standard InChI is InChI=1S/C14H11NO3S/c16-14(12-3-1-7-17-12)15-9-10-5-6-11(18-10)13-4-2-8-19-13/h1-8H,9H2,(H,15,16). The van der Waals surface area contributed by atoms with Crippen molar-refractivity contribution in [3.8, 4) is 10.6 Å². The molecule has 0 bridgehead atoms. The summed E-state index contributed by atoms with van der Waals surface area (Å²) in [4.78, 5) is 12.7. The Hall–Kier alpha value is -2.27. The number of amides is 1. The Morgan fingerprint density at radius 3 is 2.89 bits per heavy atom. The number of thiophene rings is 1. The zero-order valence-corrected chi connectivity index (χ0v) is 10.8. The molecule has 5 heteroatoms. The molecule has 1 amide bonds.